The number of fused-ring (bicyclic) bond motifs is 1. The van der Waals surface area contributed by atoms with Crippen LogP contribution < -0.4 is 9.64 Å². The van der Waals surface area contributed by atoms with Crippen molar-refractivity contribution in [3.05, 3.63) is 47.5 Å². The predicted molar refractivity (Wildman–Crippen MR) is 145 cm³/mol. The third-order valence-electron chi connectivity index (χ3n) is 6.59. The Balaban J connectivity index is 1.25. The summed E-state index contributed by atoms with van der Waals surface area (Å²) in [6, 6.07) is 12.3. The summed E-state index contributed by atoms with van der Waals surface area (Å²) in [5.41, 5.74) is 1.64. The van der Waals surface area contributed by atoms with Crippen LogP contribution in [0.3, 0.4) is 0 Å². The topological polar surface area (TPSA) is 95.9 Å². The maximum Gasteiger partial charge on any atom is 0.246 e. The van der Waals surface area contributed by atoms with Crippen LogP contribution in [-0.2, 0) is 14.8 Å². The molecule has 0 radical (unpaired) electrons. The number of aromatic nitrogens is 2. The highest BCUT2D eigenvalue weighted by molar-refractivity contribution is 8.00. The van der Waals surface area contributed by atoms with Gasteiger partial charge in [0.25, 0.3) is 0 Å². The lowest BCUT2D eigenvalue weighted by molar-refractivity contribution is -0.129. The van der Waals surface area contributed by atoms with Gasteiger partial charge in [-0.05, 0) is 43.2 Å². The summed E-state index contributed by atoms with van der Waals surface area (Å²) in [7, 11) is -2.39. The number of carbonyl (C=O) groups excluding carboxylic acids is 1. The Kier molecular flexibility index (Phi) is 7.75. The second-order valence-electron chi connectivity index (χ2n) is 8.90. The van der Waals surface area contributed by atoms with E-state index in [4.69, 9.17) is 26.3 Å². The zero-order chi connectivity index (χ0) is 26.0. The Labute approximate surface area is 225 Å². The van der Waals surface area contributed by atoms with Crippen LogP contribution in [0, 0.1) is 0 Å². The van der Waals surface area contributed by atoms with Gasteiger partial charge in [-0.15, -0.1) is 0 Å². The molecule has 0 aliphatic carbocycles. The van der Waals surface area contributed by atoms with Crippen molar-refractivity contribution in [3.63, 3.8) is 0 Å². The van der Waals surface area contributed by atoms with Crippen LogP contribution >= 0.6 is 23.4 Å². The number of para-hydroxylation sites is 2. The van der Waals surface area contributed by atoms with E-state index < -0.39 is 10.0 Å². The second-order valence-corrected chi connectivity index (χ2v) is 12.2. The quantitative estimate of drug-likeness (QED) is 0.404. The third-order valence-corrected chi connectivity index (χ3v) is 9.69. The molecule has 37 heavy (non-hydrogen) atoms. The van der Waals surface area contributed by atoms with E-state index in [9.17, 15) is 13.2 Å². The monoisotopic (exact) mass is 561 g/mol. The Morgan fingerprint density at radius 1 is 1.00 bits per heavy atom. The van der Waals surface area contributed by atoms with E-state index in [0.29, 0.717) is 18.1 Å². The van der Waals surface area contributed by atoms with Gasteiger partial charge in [0.15, 0.2) is 5.82 Å². The number of methoxy groups -OCH3 is 1. The van der Waals surface area contributed by atoms with E-state index in [1.54, 1.807) is 11.0 Å². The first-order valence-electron chi connectivity index (χ1n) is 12.1. The van der Waals surface area contributed by atoms with Crippen molar-refractivity contribution in [3.8, 4) is 5.75 Å². The molecule has 12 heteroatoms. The summed E-state index contributed by atoms with van der Waals surface area (Å²) >= 11 is 7.44. The molecule has 1 aromatic heterocycles. The lowest BCUT2D eigenvalue weighted by Gasteiger charge is -2.34. The zero-order valence-corrected chi connectivity index (χ0v) is 22.9. The van der Waals surface area contributed by atoms with Gasteiger partial charge in [-0.3, -0.25) is 4.79 Å². The van der Waals surface area contributed by atoms with E-state index >= 15 is 0 Å². The van der Waals surface area contributed by atoms with Crippen molar-refractivity contribution in [1.29, 1.82) is 0 Å². The fraction of sp³-hybridized carbons (Fsp3) is 0.400. The molecule has 2 aliphatic heterocycles. The smallest absolute Gasteiger partial charge is 0.246 e. The number of ether oxygens (including phenoxy) is 1. The average molecular weight is 562 g/mol. The average Bonchev–Trinajstić information content (AvgIpc) is 3.46. The van der Waals surface area contributed by atoms with Gasteiger partial charge in [0, 0.05) is 44.3 Å². The second kappa shape index (κ2) is 11.0. The molecular formula is C25H28ClN5O4S2. The SMILES string of the molecule is COc1ccc(Cl)cc1S(=O)(=O)N1CCN(C(=O)CSc2nc3ccccc3nc2N2CCCC2)CC1. The molecule has 196 valence electrons. The molecule has 0 unspecified atom stereocenters. The normalized spacial score (nSPS) is 16.9. The molecule has 1 amide bonds. The standard InChI is InChI=1S/C25H28ClN5O4S2/c1-35-21-9-8-18(26)16-22(21)37(33,34)31-14-12-29(13-15-31)23(32)17-36-25-24(30-10-4-5-11-30)27-19-6-2-3-7-20(19)28-25/h2-3,6-9,16H,4-5,10-15,17H2,1H3. The number of nitrogens with zero attached hydrogens (tertiary/aromatic N) is 5. The fourth-order valence-corrected chi connectivity index (χ4v) is 7.35. The van der Waals surface area contributed by atoms with Gasteiger partial charge < -0.3 is 14.5 Å². The van der Waals surface area contributed by atoms with Crippen molar-refractivity contribution >= 4 is 56.1 Å². The first-order chi connectivity index (χ1) is 17.9. The molecule has 3 aromatic rings. The van der Waals surface area contributed by atoms with Crippen LogP contribution in [0.1, 0.15) is 12.8 Å². The molecule has 2 aliphatic rings. The van der Waals surface area contributed by atoms with Gasteiger partial charge in [-0.25, -0.2) is 18.4 Å². The van der Waals surface area contributed by atoms with Crippen molar-refractivity contribution < 1.29 is 17.9 Å². The van der Waals surface area contributed by atoms with Crippen LogP contribution in [0.25, 0.3) is 11.0 Å². The van der Waals surface area contributed by atoms with Crippen molar-refractivity contribution in [2.45, 2.75) is 22.8 Å². The highest BCUT2D eigenvalue weighted by Crippen LogP contribution is 2.32. The van der Waals surface area contributed by atoms with E-state index in [-0.39, 0.29) is 35.4 Å². The van der Waals surface area contributed by atoms with Crippen LogP contribution in [-0.4, -0.2) is 85.6 Å². The molecular weight excluding hydrogens is 534 g/mol. The molecule has 0 spiro atoms. The van der Waals surface area contributed by atoms with Gasteiger partial charge in [0.2, 0.25) is 15.9 Å². The van der Waals surface area contributed by atoms with Crippen molar-refractivity contribution in [2.75, 3.05) is 57.0 Å². The highest BCUT2D eigenvalue weighted by atomic mass is 35.5. The molecule has 9 nitrogen and oxygen atoms in total. The number of piperazine rings is 1. The van der Waals surface area contributed by atoms with Crippen LogP contribution in [0.15, 0.2) is 52.4 Å². The minimum absolute atomic E-state index is 0.0298. The predicted octanol–water partition coefficient (Wildman–Crippen LogP) is 3.52. The summed E-state index contributed by atoms with van der Waals surface area (Å²) in [6.45, 7) is 2.88. The summed E-state index contributed by atoms with van der Waals surface area (Å²) in [4.78, 5) is 26.7. The van der Waals surface area contributed by atoms with E-state index in [0.717, 1.165) is 47.8 Å². The Bertz CT molecular complexity index is 1410. The van der Waals surface area contributed by atoms with E-state index in [1.807, 2.05) is 24.3 Å². The number of rotatable bonds is 7. The third kappa shape index (κ3) is 5.50. The van der Waals surface area contributed by atoms with Gasteiger partial charge in [0.05, 0.1) is 23.9 Å². The number of thioether (sulfide) groups is 1. The van der Waals surface area contributed by atoms with Gasteiger partial charge in [-0.2, -0.15) is 4.31 Å². The first kappa shape index (κ1) is 26.0. The first-order valence-corrected chi connectivity index (χ1v) is 14.9. The summed E-state index contributed by atoms with van der Waals surface area (Å²) < 4.78 is 33.1. The van der Waals surface area contributed by atoms with Gasteiger partial charge >= 0.3 is 0 Å². The number of carbonyl (C=O) groups is 1. The lowest BCUT2D eigenvalue weighted by atomic mass is 10.3. The fourth-order valence-electron chi connectivity index (χ4n) is 4.60. The van der Waals surface area contributed by atoms with Gasteiger partial charge in [-0.1, -0.05) is 35.5 Å². The molecule has 5 rings (SSSR count). The summed E-state index contributed by atoms with van der Waals surface area (Å²) in [5, 5.41) is 1.07. The molecule has 0 saturated carbocycles. The molecule has 2 saturated heterocycles. The molecule has 0 bridgehead atoms. The number of anilines is 1. The lowest BCUT2D eigenvalue weighted by Crippen LogP contribution is -2.51. The Morgan fingerprint density at radius 2 is 1.68 bits per heavy atom. The largest absolute Gasteiger partial charge is 0.495 e. The highest BCUT2D eigenvalue weighted by Gasteiger charge is 2.32. The minimum Gasteiger partial charge on any atom is -0.495 e. The van der Waals surface area contributed by atoms with Crippen LogP contribution in [0.2, 0.25) is 5.02 Å². The Morgan fingerprint density at radius 3 is 2.35 bits per heavy atom. The minimum atomic E-state index is -3.81. The summed E-state index contributed by atoms with van der Waals surface area (Å²) in [6.07, 6.45) is 2.23. The van der Waals surface area contributed by atoms with Gasteiger partial charge in [0.1, 0.15) is 15.7 Å². The molecule has 3 heterocycles. The zero-order valence-electron chi connectivity index (χ0n) is 20.5. The van der Waals surface area contributed by atoms with E-state index in [1.165, 1.54) is 35.3 Å². The van der Waals surface area contributed by atoms with E-state index in [2.05, 4.69) is 4.90 Å². The molecule has 2 aromatic carbocycles. The number of benzene rings is 2. The summed E-state index contributed by atoms with van der Waals surface area (Å²) in [5.74, 6) is 1.23. The molecule has 2 fully saturated rings. The number of hydrogen-bond acceptors (Lipinski definition) is 8. The number of sulfonamides is 1. The number of halogens is 1. The maximum atomic E-state index is 13.2. The number of amides is 1. The number of hydrogen-bond donors (Lipinski definition) is 0. The molecule has 0 atom stereocenters. The van der Waals surface area contributed by atoms with Crippen molar-refractivity contribution in [2.24, 2.45) is 0 Å². The van der Waals surface area contributed by atoms with Crippen LogP contribution in [0.5, 0.6) is 5.75 Å². The Hall–Kier alpha value is -2.60. The van der Waals surface area contributed by atoms with Crippen LogP contribution in [0.4, 0.5) is 5.82 Å². The van der Waals surface area contributed by atoms with Crippen molar-refractivity contribution in [1.82, 2.24) is 19.2 Å². The maximum absolute atomic E-state index is 13.2. The molecule has 0 N–H and O–H groups in total.